The summed E-state index contributed by atoms with van der Waals surface area (Å²) in [5, 5.41) is 10.2. The highest BCUT2D eigenvalue weighted by atomic mass is 35.5. The predicted octanol–water partition coefficient (Wildman–Crippen LogP) is 7.45. The van der Waals surface area contributed by atoms with Crippen molar-refractivity contribution < 1.29 is 18.6 Å². The van der Waals surface area contributed by atoms with E-state index in [1.807, 2.05) is 36.4 Å². The van der Waals surface area contributed by atoms with Gasteiger partial charge in [0.2, 0.25) is 0 Å². The van der Waals surface area contributed by atoms with Crippen LogP contribution in [-0.2, 0) is 0 Å². The lowest BCUT2D eigenvalue weighted by Crippen LogP contribution is -2.26. The minimum absolute atomic E-state index is 0.0975. The monoisotopic (exact) mass is 527 g/mol. The van der Waals surface area contributed by atoms with Crippen LogP contribution >= 0.6 is 23.4 Å². The van der Waals surface area contributed by atoms with Gasteiger partial charge < -0.3 is 9.84 Å². The second-order valence-electron chi connectivity index (χ2n) is 9.16. The van der Waals surface area contributed by atoms with Crippen molar-refractivity contribution in [1.82, 2.24) is 4.90 Å². The predicted molar refractivity (Wildman–Crippen MR) is 143 cm³/mol. The summed E-state index contributed by atoms with van der Waals surface area (Å²) in [5.74, 6) is 1.39. The first-order chi connectivity index (χ1) is 17.5. The van der Waals surface area contributed by atoms with Crippen molar-refractivity contribution in [3.63, 3.8) is 0 Å². The molecule has 188 valence electrons. The van der Waals surface area contributed by atoms with Crippen molar-refractivity contribution in [2.24, 2.45) is 0 Å². The number of aromatic hydroxyl groups is 1. The third kappa shape index (κ3) is 5.56. The third-order valence-electron chi connectivity index (χ3n) is 6.70. The number of phenols is 1. The second-order valence-corrected chi connectivity index (χ2v) is 10.7. The summed E-state index contributed by atoms with van der Waals surface area (Å²) < 4.78 is 33.1. The summed E-state index contributed by atoms with van der Waals surface area (Å²) in [4.78, 5) is 3.24. The van der Waals surface area contributed by atoms with Gasteiger partial charge in [0.05, 0.1) is 11.7 Å². The standard InChI is InChI=1S/C29H28ClF2NO2S/c30-26-9-4-20(16-27(26)32)24-11-15-36-28-17-21(34)5-8-25(28)29(24)19-2-6-22(7-3-19)35-23-10-14-33(18-23)13-1-12-31/h2-9,16-17,23,34H,1,10-15,18H2/t23-/m0/s1. The van der Waals surface area contributed by atoms with Crippen LogP contribution in [0, 0.1) is 5.82 Å². The smallest absolute Gasteiger partial charge is 0.142 e. The van der Waals surface area contributed by atoms with Crippen LogP contribution in [0.1, 0.15) is 36.0 Å². The van der Waals surface area contributed by atoms with Gasteiger partial charge in [0.1, 0.15) is 23.4 Å². The molecule has 2 aliphatic rings. The molecular weight excluding hydrogens is 500 g/mol. The van der Waals surface area contributed by atoms with E-state index in [9.17, 15) is 13.9 Å². The van der Waals surface area contributed by atoms with E-state index in [-0.39, 0.29) is 23.6 Å². The van der Waals surface area contributed by atoms with E-state index in [1.54, 1.807) is 30.0 Å². The van der Waals surface area contributed by atoms with Crippen molar-refractivity contribution in [2.45, 2.75) is 30.3 Å². The van der Waals surface area contributed by atoms with Crippen LogP contribution in [0.3, 0.4) is 0 Å². The minimum atomic E-state index is -0.440. The summed E-state index contributed by atoms with van der Waals surface area (Å²) in [6.45, 7) is 2.22. The van der Waals surface area contributed by atoms with Crippen LogP contribution in [0.25, 0.3) is 11.1 Å². The molecular formula is C29H28ClF2NO2S. The largest absolute Gasteiger partial charge is 0.508 e. The van der Waals surface area contributed by atoms with Gasteiger partial charge in [-0.05, 0) is 89.6 Å². The van der Waals surface area contributed by atoms with E-state index in [1.165, 1.54) is 6.07 Å². The number of nitrogens with zero attached hydrogens (tertiary/aromatic N) is 1. The Morgan fingerprint density at radius 2 is 1.86 bits per heavy atom. The van der Waals surface area contributed by atoms with Gasteiger partial charge in [0.25, 0.3) is 0 Å². The zero-order chi connectivity index (χ0) is 25.1. The highest BCUT2D eigenvalue weighted by molar-refractivity contribution is 7.99. The number of alkyl halides is 1. The number of rotatable bonds is 7. The molecule has 3 nitrogen and oxygen atoms in total. The molecule has 1 atom stereocenters. The molecule has 36 heavy (non-hydrogen) atoms. The number of hydrogen-bond acceptors (Lipinski definition) is 4. The number of thioether (sulfide) groups is 1. The molecule has 1 fully saturated rings. The molecule has 1 N–H and O–H groups in total. The van der Waals surface area contributed by atoms with E-state index in [0.29, 0.717) is 6.42 Å². The van der Waals surface area contributed by atoms with Gasteiger partial charge in [-0.25, -0.2) is 4.39 Å². The van der Waals surface area contributed by atoms with Gasteiger partial charge in [0, 0.05) is 30.3 Å². The van der Waals surface area contributed by atoms with Crippen molar-refractivity contribution in [3.05, 3.63) is 88.2 Å². The Hall–Kier alpha value is -2.54. The maximum atomic E-state index is 14.4. The number of ether oxygens (including phenoxy) is 1. The third-order valence-corrected chi connectivity index (χ3v) is 8.06. The molecule has 3 aromatic carbocycles. The molecule has 0 unspecified atom stereocenters. The Morgan fingerprint density at radius 1 is 1.06 bits per heavy atom. The van der Waals surface area contributed by atoms with E-state index in [2.05, 4.69) is 4.90 Å². The van der Waals surface area contributed by atoms with Gasteiger partial charge >= 0.3 is 0 Å². The van der Waals surface area contributed by atoms with Gasteiger partial charge in [-0.3, -0.25) is 9.29 Å². The maximum Gasteiger partial charge on any atom is 0.142 e. The van der Waals surface area contributed by atoms with Crippen molar-refractivity contribution in [1.29, 1.82) is 0 Å². The van der Waals surface area contributed by atoms with E-state index >= 15 is 0 Å². The zero-order valence-electron chi connectivity index (χ0n) is 19.9. The molecule has 0 saturated carbocycles. The lowest BCUT2D eigenvalue weighted by Gasteiger charge is -2.18. The average molecular weight is 528 g/mol. The molecule has 0 spiro atoms. The lowest BCUT2D eigenvalue weighted by molar-refractivity contribution is 0.198. The highest BCUT2D eigenvalue weighted by Crippen LogP contribution is 2.44. The first-order valence-corrected chi connectivity index (χ1v) is 13.6. The van der Waals surface area contributed by atoms with E-state index in [0.717, 1.165) is 76.7 Å². The fourth-order valence-electron chi connectivity index (χ4n) is 4.96. The molecule has 3 aromatic rings. The minimum Gasteiger partial charge on any atom is -0.508 e. The summed E-state index contributed by atoms with van der Waals surface area (Å²) in [6, 6.07) is 18.4. The van der Waals surface area contributed by atoms with Crippen LogP contribution in [0.15, 0.2) is 65.6 Å². The molecule has 0 aliphatic carbocycles. The molecule has 1 saturated heterocycles. The van der Waals surface area contributed by atoms with Crippen LogP contribution in [0.2, 0.25) is 5.02 Å². The quantitative estimate of drug-likeness (QED) is 0.346. The molecule has 7 heteroatoms. The Balaban J connectivity index is 1.48. The number of likely N-dealkylation sites (tertiary alicyclic amines) is 1. The normalized spacial score (nSPS) is 18.2. The molecule has 0 aromatic heterocycles. The molecule has 5 rings (SSSR count). The topological polar surface area (TPSA) is 32.7 Å². The SMILES string of the molecule is Oc1ccc2c(c1)SCCC(c1ccc(Cl)c(F)c1)=C2c1ccc(O[C@H]2CCN(CCCF)C2)cc1. The summed E-state index contributed by atoms with van der Waals surface area (Å²) in [6.07, 6.45) is 2.33. The summed E-state index contributed by atoms with van der Waals surface area (Å²) in [5.41, 5.74) is 4.86. The van der Waals surface area contributed by atoms with Gasteiger partial charge in [-0.2, -0.15) is 0 Å². The Kier molecular flexibility index (Phi) is 7.85. The summed E-state index contributed by atoms with van der Waals surface area (Å²) >= 11 is 7.65. The lowest BCUT2D eigenvalue weighted by atomic mass is 9.88. The van der Waals surface area contributed by atoms with Crippen LogP contribution < -0.4 is 4.74 Å². The summed E-state index contributed by atoms with van der Waals surface area (Å²) in [7, 11) is 0. The number of hydrogen-bond donors (Lipinski definition) is 1. The van der Waals surface area contributed by atoms with Crippen molar-refractivity contribution in [2.75, 3.05) is 32.1 Å². The molecule has 0 bridgehead atoms. The number of benzene rings is 3. The first-order valence-electron chi connectivity index (χ1n) is 12.2. The highest BCUT2D eigenvalue weighted by Gasteiger charge is 2.24. The second kappa shape index (κ2) is 11.2. The average Bonchev–Trinajstić information content (AvgIpc) is 3.23. The van der Waals surface area contributed by atoms with E-state index in [4.69, 9.17) is 16.3 Å². The fourth-order valence-corrected chi connectivity index (χ4v) is 6.14. The molecule has 2 heterocycles. The number of allylic oxidation sites excluding steroid dienone is 1. The fraction of sp³-hybridized carbons (Fsp3) is 0.310. The van der Waals surface area contributed by atoms with Crippen LogP contribution in [0.5, 0.6) is 11.5 Å². The Bertz CT molecular complexity index is 1260. The number of phenolic OH excluding ortho intramolecular Hbond substituents is 1. The van der Waals surface area contributed by atoms with Gasteiger partial charge in [0.15, 0.2) is 0 Å². The number of halogens is 3. The zero-order valence-corrected chi connectivity index (χ0v) is 21.4. The Labute approximate surface area is 219 Å². The first kappa shape index (κ1) is 25.1. The van der Waals surface area contributed by atoms with Crippen molar-refractivity contribution >= 4 is 34.5 Å². The molecule has 0 amide bonds. The van der Waals surface area contributed by atoms with Crippen molar-refractivity contribution in [3.8, 4) is 11.5 Å². The maximum absolute atomic E-state index is 14.4. The van der Waals surface area contributed by atoms with E-state index < -0.39 is 5.82 Å². The number of fused-ring (bicyclic) bond motifs is 1. The Morgan fingerprint density at radius 3 is 2.64 bits per heavy atom. The van der Waals surface area contributed by atoms with Gasteiger partial charge in [-0.15, -0.1) is 11.8 Å². The van der Waals surface area contributed by atoms with Crippen LogP contribution in [0.4, 0.5) is 8.78 Å². The van der Waals surface area contributed by atoms with Crippen LogP contribution in [-0.4, -0.2) is 48.2 Å². The molecule has 0 radical (unpaired) electrons. The molecule has 2 aliphatic heterocycles. The van der Waals surface area contributed by atoms with Gasteiger partial charge in [-0.1, -0.05) is 29.8 Å².